The molecule has 0 fully saturated rings. The minimum absolute atomic E-state index is 0.127. The van der Waals surface area contributed by atoms with Crippen molar-refractivity contribution in [2.75, 3.05) is 25.7 Å². The van der Waals surface area contributed by atoms with Crippen molar-refractivity contribution in [2.24, 2.45) is 0 Å². The maximum absolute atomic E-state index is 12.8. The normalized spacial score (nSPS) is 19.5. The second-order valence-electron chi connectivity index (χ2n) is 7.75. The first-order valence-corrected chi connectivity index (χ1v) is 11.3. The molecule has 34 heavy (non-hydrogen) atoms. The third kappa shape index (κ3) is 5.83. The number of carbonyl (C=O) groups is 2. The van der Waals surface area contributed by atoms with Crippen molar-refractivity contribution in [3.8, 4) is 5.75 Å². The molecule has 2 aromatic carbocycles. The second kappa shape index (κ2) is 11.6. The number of fused-ring (bicyclic) bond motifs is 1. The lowest BCUT2D eigenvalue weighted by Gasteiger charge is -2.28. The van der Waals surface area contributed by atoms with Gasteiger partial charge in [-0.2, -0.15) is 0 Å². The average Bonchev–Trinajstić information content (AvgIpc) is 2.95. The van der Waals surface area contributed by atoms with E-state index in [1.54, 1.807) is 43.5 Å². The fourth-order valence-corrected chi connectivity index (χ4v) is 3.94. The molecule has 1 aliphatic rings. The summed E-state index contributed by atoms with van der Waals surface area (Å²) in [7, 11) is 2.74. The number of nitrogens with zero attached hydrogens (tertiary/aromatic N) is 1. The van der Waals surface area contributed by atoms with Crippen LogP contribution in [0, 0.1) is 0 Å². The summed E-state index contributed by atoms with van der Waals surface area (Å²) in [5.41, 5.74) is 1.31. The molecule has 4 N–H and O–H groups in total. The Bertz CT molecular complexity index is 1050. The zero-order valence-electron chi connectivity index (χ0n) is 18.7. The van der Waals surface area contributed by atoms with Crippen LogP contribution in [0.4, 0.5) is 5.69 Å². The van der Waals surface area contributed by atoms with Crippen LogP contribution in [-0.4, -0.2) is 78.4 Å². The first-order chi connectivity index (χ1) is 16.2. The lowest BCUT2D eigenvalue weighted by molar-refractivity contribution is -0.150. The topological polar surface area (TPSA) is 129 Å². The fourth-order valence-electron chi connectivity index (χ4n) is 3.52. The summed E-state index contributed by atoms with van der Waals surface area (Å²) in [5, 5.41) is 33.8. The molecule has 10 heteroatoms. The number of anilines is 1. The van der Waals surface area contributed by atoms with Crippen LogP contribution < -0.4 is 15.0 Å². The molecule has 1 aliphatic heterocycles. The van der Waals surface area contributed by atoms with Crippen LogP contribution in [0.5, 0.6) is 5.75 Å². The van der Waals surface area contributed by atoms with Gasteiger partial charge in [0.25, 0.3) is 11.8 Å². The number of ether oxygens (including phenoxy) is 2. The van der Waals surface area contributed by atoms with Gasteiger partial charge in [-0.25, -0.2) is 0 Å². The number of methoxy groups -OCH3 is 1. The van der Waals surface area contributed by atoms with Gasteiger partial charge < -0.3 is 35.0 Å². The second-order valence-corrected chi connectivity index (χ2v) is 8.60. The average molecular weight is 535 g/mol. The molecule has 0 aliphatic carbocycles. The summed E-state index contributed by atoms with van der Waals surface area (Å²) in [6.07, 6.45) is -3.68. The number of halogens is 1. The lowest BCUT2D eigenvalue weighted by Crippen LogP contribution is -2.56. The predicted molar refractivity (Wildman–Crippen MR) is 129 cm³/mol. The van der Waals surface area contributed by atoms with E-state index in [0.29, 0.717) is 11.4 Å². The van der Waals surface area contributed by atoms with E-state index in [2.05, 4.69) is 21.2 Å². The number of benzene rings is 2. The summed E-state index contributed by atoms with van der Waals surface area (Å²) < 4.78 is 11.5. The summed E-state index contributed by atoms with van der Waals surface area (Å²) in [6, 6.07) is 13.2. The van der Waals surface area contributed by atoms with Crippen LogP contribution in [0.15, 0.2) is 59.1 Å². The Morgan fingerprint density at radius 2 is 1.85 bits per heavy atom. The SMILES string of the molecule is CO[C@@H](C(=O)NC1COc2ccccc2N(C)C1=O)[C@H](O)[C@@H](O)[C@H](O)C=Cc1ccccc1Br. The first-order valence-electron chi connectivity index (χ1n) is 10.5. The highest BCUT2D eigenvalue weighted by atomic mass is 79.9. The van der Waals surface area contributed by atoms with E-state index in [1.165, 1.54) is 18.1 Å². The summed E-state index contributed by atoms with van der Waals surface area (Å²) in [4.78, 5) is 27.0. The summed E-state index contributed by atoms with van der Waals surface area (Å²) in [5.74, 6) is -0.759. The highest BCUT2D eigenvalue weighted by Gasteiger charge is 2.38. The molecule has 0 saturated heterocycles. The number of likely N-dealkylation sites (N-methyl/N-ethyl adjacent to an activating group) is 1. The quantitative estimate of drug-likeness (QED) is 0.399. The largest absolute Gasteiger partial charge is 0.489 e. The van der Waals surface area contributed by atoms with E-state index in [4.69, 9.17) is 9.47 Å². The number of rotatable bonds is 8. The fraction of sp³-hybridized carbons (Fsp3) is 0.333. The highest BCUT2D eigenvalue weighted by molar-refractivity contribution is 9.10. The van der Waals surface area contributed by atoms with Gasteiger partial charge in [-0.1, -0.05) is 58.4 Å². The molecule has 2 amide bonds. The van der Waals surface area contributed by atoms with Crippen LogP contribution in [0.3, 0.4) is 0 Å². The van der Waals surface area contributed by atoms with Crippen molar-refractivity contribution in [3.63, 3.8) is 0 Å². The van der Waals surface area contributed by atoms with E-state index in [0.717, 1.165) is 10.0 Å². The van der Waals surface area contributed by atoms with Crippen LogP contribution in [0.1, 0.15) is 5.56 Å². The van der Waals surface area contributed by atoms with Crippen LogP contribution in [-0.2, 0) is 14.3 Å². The lowest BCUT2D eigenvalue weighted by atomic mass is 10.0. The Morgan fingerprint density at radius 1 is 1.18 bits per heavy atom. The van der Waals surface area contributed by atoms with E-state index >= 15 is 0 Å². The molecule has 5 atom stereocenters. The van der Waals surface area contributed by atoms with E-state index < -0.39 is 42.3 Å². The molecule has 3 rings (SSSR count). The van der Waals surface area contributed by atoms with Crippen molar-refractivity contribution < 1.29 is 34.4 Å². The van der Waals surface area contributed by atoms with Crippen molar-refractivity contribution in [1.82, 2.24) is 5.32 Å². The van der Waals surface area contributed by atoms with Gasteiger partial charge in [0.15, 0.2) is 6.10 Å². The number of aliphatic hydroxyl groups excluding tert-OH is 3. The zero-order valence-corrected chi connectivity index (χ0v) is 20.3. The van der Waals surface area contributed by atoms with Crippen LogP contribution >= 0.6 is 15.9 Å². The van der Waals surface area contributed by atoms with Crippen molar-refractivity contribution >= 4 is 39.5 Å². The number of amides is 2. The molecular weight excluding hydrogens is 508 g/mol. The molecule has 1 unspecified atom stereocenters. The van der Waals surface area contributed by atoms with Gasteiger partial charge in [0, 0.05) is 18.6 Å². The molecule has 0 saturated carbocycles. The van der Waals surface area contributed by atoms with Gasteiger partial charge >= 0.3 is 0 Å². The van der Waals surface area contributed by atoms with Gasteiger partial charge in [0.05, 0.1) is 5.69 Å². The van der Waals surface area contributed by atoms with E-state index in [9.17, 15) is 24.9 Å². The van der Waals surface area contributed by atoms with Crippen LogP contribution in [0.2, 0.25) is 0 Å². The number of aliphatic hydroxyl groups is 3. The zero-order chi connectivity index (χ0) is 24.8. The number of carbonyl (C=O) groups excluding carboxylic acids is 2. The standard InChI is InChI=1S/C24H27BrN2O7/c1-27-17-9-5-6-10-19(17)34-13-16(24(27)32)26-23(31)22(33-2)21(30)20(29)18(28)12-11-14-7-3-4-8-15(14)25/h3-12,16,18,20-22,28-30H,13H2,1-2H3,(H,26,31)/t16?,18-,20+,21-,22-/m1/s1. The Morgan fingerprint density at radius 3 is 2.56 bits per heavy atom. The minimum Gasteiger partial charge on any atom is -0.489 e. The number of nitrogens with one attached hydrogen (secondary N) is 1. The molecule has 0 bridgehead atoms. The maximum Gasteiger partial charge on any atom is 0.252 e. The van der Waals surface area contributed by atoms with E-state index in [1.807, 2.05) is 18.2 Å². The van der Waals surface area contributed by atoms with Crippen molar-refractivity contribution in [2.45, 2.75) is 30.5 Å². The van der Waals surface area contributed by atoms with Crippen molar-refractivity contribution in [3.05, 3.63) is 64.6 Å². The monoisotopic (exact) mass is 534 g/mol. The molecule has 0 aromatic heterocycles. The molecular formula is C24H27BrN2O7. The highest BCUT2D eigenvalue weighted by Crippen LogP contribution is 2.30. The van der Waals surface area contributed by atoms with Crippen LogP contribution in [0.25, 0.3) is 6.08 Å². The van der Waals surface area contributed by atoms with Gasteiger partial charge in [0.2, 0.25) is 0 Å². The molecule has 9 nitrogen and oxygen atoms in total. The van der Waals surface area contributed by atoms with E-state index in [-0.39, 0.29) is 6.61 Å². The number of hydrogen-bond donors (Lipinski definition) is 4. The Labute approximate surface area is 205 Å². The smallest absolute Gasteiger partial charge is 0.252 e. The first kappa shape index (κ1) is 25.9. The van der Waals surface area contributed by atoms with Gasteiger partial charge in [-0.05, 0) is 23.8 Å². The Balaban J connectivity index is 1.66. The molecule has 182 valence electrons. The summed E-state index contributed by atoms with van der Waals surface area (Å²) >= 11 is 3.38. The summed E-state index contributed by atoms with van der Waals surface area (Å²) in [6.45, 7) is -0.127. The molecule has 2 aromatic rings. The van der Waals surface area contributed by atoms with Gasteiger partial charge in [-0.3, -0.25) is 9.59 Å². The number of hydrogen-bond acceptors (Lipinski definition) is 7. The molecule has 1 heterocycles. The number of para-hydroxylation sites is 2. The van der Waals surface area contributed by atoms with Crippen molar-refractivity contribution in [1.29, 1.82) is 0 Å². The third-order valence-electron chi connectivity index (χ3n) is 5.48. The Hall–Kier alpha value is -2.76. The predicted octanol–water partition coefficient (Wildman–Crippen LogP) is 1.10. The molecule has 0 radical (unpaired) electrons. The molecule has 0 spiro atoms. The maximum atomic E-state index is 12.8. The Kier molecular flexibility index (Phi) is 8.81. The third-order valence-corrected chi connectivity index (χ3v) is 6.20. The minimum atomic E-state index is -1.78. The van der Waals surface area contributed by atoms with Gasteiger partial charge in [-0.15, -0.1) is 0 Å². The van der Waals surface area contributed by atoms with Gasteiger partial charge in [0.1, 0.15) is 36.7 Å².